The normalized spacial score (nSPS) is 20.7. The average molecular weight is 481 g/mol. The van der Waals surface area contributed by atoms with Crippen molar-refractivity contribution in [2.75, 3.05) is 14.1 Å². The van der Waals surface area contributed by atoms with Crippen molar-refractivity contribution in [2.24, 2.45) is 5.92 Å². The fourth-order valence-electron chi connectivity index (χ4n) is 4.83. The Morgan fingerprint density at radius 3 is 1.52 bits per heavy atom. The summed E-state index contributed by atoms with van der Waals surface area (Å²) in [5, 5.41) is 3.08. The summed E-state index contributed by atoms with van der Waals surface area (Å²) in [7, 11) is 4.18. The Bertz CT molecular complexity index is 625. The van der Waals surface area contributed by atoms with Crippen LogP contribution < -0.4 is 10.6 Å². The number of hydrogen-bond acceptors (Lipinski definition) is 1. The third-order valence-electron chi connectivity index (χ3n) is 6.62. The molecule has 31 heavy (non-hydrogen) atoms. The quantitative estimate of drug-likeness (QED) is 0.250. The van der Waals surface area contributed by atoms with Crippen LogP contribution in [0.4, 0.5) is 0 Å². The summed E-state index contributed by atoms with van der Waals surface area (Å²) in [6.45, 7) is 2.41. The minimum Gasteiger partial charge on any atom is -0.358 e. The second-order valence-corrected chi connectivity index (χ2v) is 11.1. The van der Waals surface area contributed by atoms with Crippen LogP contribution in [0.5, 0.6) is 0 Å². The van der Waals surface area contributed by atoms with Crippen LogP contribution in [0.3, 0.4) is 0 Å². The van der Waals surface area contributed by atoms with Gasteiger partial charge in [-0.1, -0.05) is 99.2 Å². The molecule has 0 heterocycles. The molecule has 2 aromatic carbocycles. The van der Waals surface area contributed by atoms with E-state index >= 15 is 0 Å². The molecule has 0 N–H and O–H groups in total. The van der Waals surface area contributed by atoms with Crippen LogP contribution in [-0.4, -0.2) is 30.7 Å². The van der Waals surface area contributed by atoms with Crippen LogP contribution in [0.15, 0.2) is 60.7 Å². The molecule has 3 heteroatoms. The van der Waals surface area contributed by atoms with Gasteiger partial charge >= 0.3 is 17.1 Å². The van der Waals surface area contributed by atoms with Gasteiger partial charge in [0.1, 0.15) is 0 Å². The molecular formula is C28H44FeNP. The molecule has 0 aliphatic heterocycles. The molecule has 1 nitrogen and oxygen atoms in total. The standard InChI is InChI=1S/C21H28NP.C5H10.2CH3.Fe/c1-17(22(2)3)20-15-10-16-21(20)23(18-11-6-4-7-12-18)19-13-8-5-9-14-19;1-2-4-5-3-1;;;/h4-9,11-14,17,20-21H,10,15-16H2,1-3H3;1-5H2;2*1H3;/q;;2*-1;+2/t17-,20?,21?;;;;/m0..../s1. The van der Waals surface area contributed by atoms with Crippen molar-refractivity contribution in [2.45, 2.75) is 70.0 Å². The van der Waals surface area contributed by atoms with E-state index in [0.717, 1.165) is 11.6 Å². The van der Waals surface area contributed by atoms with Gasteiger partial charge in [0.15, 0.2) is 0 Å². The van der Waals surface area contributed by atoms with Gasteiger partial charge in [-0.3, -0.25) is 0 Å². The molecule has 0 amide bonds. The molecule has 2 aliphatic rings. The van der Waals surface area contributed by atoms with Crippen LogP contribution in [-0.2, 0) is 17.1 Å². The molecule has 3 atom stereocenters. The Morgan fingerprint density at radius 1 is 0.710 bits per heavy atom. The number of benzene rings is 2. The maximum Gasteiger partial charge on any atom is 2.00 e. The van der Waals surface area contributed by atoms with Gasteiger partial charge in [0.25, 0.3) is 0 Å². The Morgan fingerprint density at radius 2 is 1.13 bits per heavy atom. The van der Waals surface area contributed by atoms with Crippen LogP contribution in [0.2, 0.25) is 0 Å². The van der Waals surface area contributed by atoms with E-state index in [1.807, 2.05) is 0 Å². The van der Waals surface area contributed by atoms with Crippen molar-refractivity contribution in [1.29, 1.82) is 0 Å². The summed E-state index contributed by atoms with van der Waals surface area (Å²) < 4.78 is 0. The molecule has 0 aromatic heterocycles. The van der Waals surface area contributed by atoms with Gasteiger partial charge in [-0.05, 0) is 64.0 Å². The zero-order valence-electron chi connectivity index (χ0n) is 20.4. The average Bonchev–Trinajstić information content (AvgIpc) is 3.45. The van der Waals surface area contributed by atoms with E-state index in [2.05, 4.69) is 86.6 Å². The molecule has 0 saturated heterocycles. The van der Waals surface area contributed by atoms with Crippen molar-refractivity contribution in [3.8, 4) is 0 Å². The molecular weight excluding hydrogens is 437 g/mol. The second kappa shape index (κ2) is 16.0. The molecule has 2 fully saturated rings. The van der Waals surface area contributed by atoms with E-state index in [1.165, 1.54) is 62.0 Å². The zero-order chi connectivity index (χ0) is 19.8. The molecule has 0 bridgehead atoms. The van der Waals surface area contributed by atoms with Gasteiger partial charge in [-0.25, -0.2) is 0 Å². The van der Waals surface area contributed by atoms with E-state index in [4.69, 9.17) is 0 Å². The van der Waals surface area contributed by atoms with Gasteiger partial charge in [0.05, 0.1) is 0 Å². The third-order valence-corrected chi connectivity index (χ3v) is 9.63. The summed E-state index contributed by atoms with van der Waals surface area (Å²) in [4.78, 5) is 2.41. The maximum absolute atomic E-state index is 2.41. The van der Waals surface area contributed by atoms with E-state index < -0.39 is 0 Å². The van der Waals surface area contributed by atoms with Gasteiger partial charge < -0.3 is 19.8 Å². The first-order chi connectivity index (χ1) is 13.7. The molecule has 174 valence electrons. The molecule has 2 aromatic rings. The Labute approximate surface area is 205 Å². The minimum atomic E-state index is -0.275. The number of rotatable bonds is 5. The predicted octanol–water partition coefficient (Wildman–Crippen LogP) is 7.09. The monoisotopic (exact) mass is 481 g/mol. The summed E-state index contributed by atoms with van der Waals surface area (Å²) in [6.07, 6.45) is 11.6. The van der Waals surface area contributed by atoms with Crippen molar-refractivity contribution in [3.63, 3.8) is 0 Å². The summed E-state index contributed by atoms with van der Waals surface area (Å²) in [5.74, 6) is 0.802. The van der Waals surface area contributed by atoms with E-state index in [9.17, 15) is 0 Å². The predicted molar refractivity (Wildman–Crippen MR) is 139 cm³/mol. The summed E-state index contributed by atoms with van der Waals surface area (Å²) in [6, 6.07) is 23.1. The summed E-state index contributed by atoms with van der Waals surface area (Å²) in [5.41, 5.74) is 0.798. The molecule has 2 saturated carbocycles. The Hall–Kier alpha value is -0.651. The first-order valence-electron chi connectivity index (χ1n) is 11.2. The zero-order valence-corrected chi connectivity index (χ0v) is 22.4. The van der Waals surface area contributed by atoms with Crippen LogP contribution in [0.1, 0.15) is 58.3 Å². The SMILES string of the molecule is C1CCCC1.C[C@@H](C1CCCC1P(c1ccccc1)c1ccccc1)N(C)C.[CH3-].[CH3-].[Fe+2]. The molecule has 2 unspecified atom stereocenters. The number of nitrogens with zero attached hydrogens (tertiary/aromatic N) is 1. The molecule has 4 rings (SSSR count). The topological polar surface area (TPSA) is 3.24 Å². The first-order valence-corrected chi connectivity index (χ1v) is 12.7. The fraction of sp³-hybridized carbons (Fsp3) is 0.500. The third kappa shape index (κ3) is 8.66. The van der Waals surface area contributed by atoms with Gasteiger partial charge in [-0.2, -0.15) is 0 Å². The van der Waals surface area contributed by atoms with Crippen LogP contribution >= 0.6 is 7.92 Å². The van der Waals surface area contributed by atoms with Crippen molar-refractivity contribution in [3.05, 3.63) is 75.5 Å². The largest absolute Gasteiger partial charge is 2.00 e. The second-order valence-electron chi connectivity index (χ2n) is 8.68. The van der Waals surface area contributed by atoms with E-state index in [-0.39, 0.29) is 39.8 Å². The summed E-state index contributed by atoms with van der Waals surface area (Å²) >= 11 is 0. The van der Waals surface area contributed by atoms with Gasteiger partial charge in [-0.15, -0.1) is 0 Å². The van der Waals surface area contributed by atoms with E-state index in [1.54, 1.807) is 0 Å². The van der Waals surface area contributed by atoms with Crippen LogP contribution in [0, 0.1) is 20.8 Å². The molecule has 0 radical (unpaired) electrons. The van der Waals surface area contributed by atoms with E-state index in [0.29, 0.717) is 6.04 Å². The van der Waals surface area contributed by atoms with Crippen molar-refractivity contribution in [1.82, 2.24) is 4.90 Å². The van der Waals surface area contributed by atoms with Crippen LogP contribution in [0.25, 0.3) is 0 Å². The number of hydrogen-bond donors (Lipinski definition) is 0. The smallest absolute Gasteiger partial charge is 0.358 e. The minimum absolute atomic E-state index is 0. The van der Waals surface area contributed by atoms with Crippen molar-refractivity contribution >= 4 is 18.5 Å². The molecule has 2 aliphatic carbocycles. The Balaban J connectivity index is 0.000000995. The Kier molecular flexibility index (Phi) is 15.7. The first kappa shape index (κ1) is 30.3. The van der Waals surface area contributed by atoms with Crippen molar-refractivity contribution < 1.29 is 17.1 Å². The van der Waals surface area contributed by atoms with Gasteiger partial charge in [0, 0.05) is 6.04 Å². The fourth-order valence-corrected chi connectivity index (χ4v) is 8.10. The maximum atomic E-state index is 2.41. The van der Waals surface area contributed by atoms with Gasteiger partial charge in [0.2, 0.25) is 0 Å². The molecule has 0 spiro atoms.